The standard InChI is InChI=1S/C14H26N2O2/c15-10-11-4-6-12(7-5-11)14(18)16(8-9-17)13-2-1-3-13/h11-13,17H,1-10,15H2. The third-order valence-corrected chi connectivity index (χ3v) is 4.67. The van der Waals surface area contributed by atoms with Gasteiger partial charge in [-0.1, -0.05) is 0 Å². The molecule has 0 unspecified atom stereocenters. The normalized spacial score (nSPS) is 28.8. The van der Waals surface area contributed by atoms with Gasteiger partial charge in [-0.15, -0.1) is 0 Å². The number of aliphatic hydroxyl groups is 1. The fourth-order valence-electron chi connectivity index (χ4n) is 3.16. The molecule has 2 aliphatic rings. The lowest BCUT2D eigenvalue weighted by atomic mass is 9.80. The fourth-order valence-corrected chi connectivity index (χ4v) is 3.16. The number of hydrogen-bond donors (Lipinski definition) is 2. The molecule has 2 aliphatic carbocycles. The predicted molar refractivity (Wildman–Crippen MR) is 70.9 cm³/mol. The molecular weight excluding hydrogens is 228 g/mol. The zero-order valence-electron chi connectivity index (χ0n) is 11.2. The van der Waals surface area contributed by atoms with E-state index in [2.05, 4.69) is 0 Å². The zero-order valence-corrected chi connectivity index (χ0v) is 11.2. The highest BCUT2D eigenvalue weighted by Crippen LogP contribution is 2.32. The Balaban J connectivity index is 1.88. The average Bonchev–Trinajstić information content (AvgIpc) is 2.35. The predicted octanol–water partition coefficient (Wildman–Crippen LogP) is 1.12. The van der Waals surface area contributed by atoms with Gasteiger partial charge in [-0.2, -0.15) is 0 Å². The Hall–Kier alpha value is -0.610. The number of hydrogen-bond acceptors (Lipinski definition) is 3. The first kappa shape index (κ1) is 13.8. The Morgan fingerprint density at radius 1 is 1.17 bits per heavy atom. The Kier molecular flexibility index (Phi) is 5.01. The molecule has 0 bridgehead atoms. The Morgan fingerprint density at radius 3 is 2.28 bits per heavy atom. The van der Waals surface area contributed by atoms with Crippen LogP contribution >= 0.6 is 0 Å². The van der Waals surface area contributed by atoms with Gasteiger partial charge in [-0.25, -0.2) is 0 Å². The molecule has 104 valence electrons. The van der Waals surface area contributed by atoms with E-state index in [0.29, 0.717) is 18.5 Å². The van der Waals surface area contributed by atoms with Crippen LogP contribution in [0.2, 0.25) is 0 Å². The van der Waals surface area contributed by atoms with Crippen LogP contribution in [0.3, 0.4) is 0 Å². The molecule has 0 aromatic carbocycles. The quantitative estimate of drug-likeness (QED) is 0.773. The second-order valence-corrected chi connectivity index (χ2v) is 5.79. The van der Waals surface area contributed by atoms with Gasteiger partial charge < -0.3 is 15.7 Å². The van der Waals surface area contributed by atoms with E-state index in [4.69, 9.17) is 10.8 Å². The first-order valence-electron chi connectivity index (χ1n) is 7.37. The van der Waals surface area contributed by atoms with Crippen LogP contribution in [-0.2, 0) is 4.79 Å². The summed E-state index contributed by atoms with van der Waals surface area (Å²) < 4.78 is 0. The van der Waals surface area contributed by atoms with Crippen LogP contribution in [0, 0.1) is 11.8 Å². The van der Waals surface area contributed by atoms with Crippen molar-refractivity contribution in [2.24, 2.45) is 17.6 Å². The largest absolute Gasteiger partial charge is 0.395 e. The topological polar surface area (TPSA) is 66.6 Å². The molecule has 0 aliphatic heterocycles. The summed E-state index contributed by atoms with van der Waals surface area (Å²) in [6, 6.07) is 0.400. The summed E-state index contributed by atoms with van der Waals surface area (Å²) in [5.41, 5.74) is 5.68. The molecule has 2 saturated carbocycles. The van der Waals surface area contributed by atoms with Crippen molar-refractivity contribution in [1.29, 1.82) is 0 Å². The minimum Gasteiger partial charge on any atom is -0.395 e. The molecule has 2 rings (SSSR count). The third kappa shape index (κ3) is 3.04. The first-order chi connectivity index (χ1) is 8.76. The van der Waals surface area contributed by atoms with Gasteiger partial charge in [0.05, 0.1) is 6.61 Å². The molecule has 0 spiro atoms. The second-order valence-electron chi connectivity index (χ2n) is 5.79. The maximum absolute atomic E-state index is 12.5. The van der Waals surface area contributed by atoms with Gasteiger partial charge in [0.25, 0.3) is 0 Å². The minimum atomic E-state index is 0.0837. The molecule has 3 N–H and O–H groups in total. The molecule has 1 amide bonds. The van der Waals surface area contributed by atoms with Crippen molar-refractivity contribution in [2.75, 3.05) is 19.7 Å². The number of carbonyl (C=O) groups excluding carboxylic acids is 1. The van der Waals surface area contributed by atoms with E-state index in [1.807, 2.05) is 4.90 Å². The zero-order chi connectivity index (χ0) is 13.0. The lowest BCUT2D eigenvalue weighted by Gasteiger charge is -2.40. The van der Waals surface area contributed by atoms with E-state index in [1.54, 1.807) is 0 Å². The molecule has 2 fully saturated rings. The molecule has 4 nitrogen and oxygen atoms in total. The highest BCUT2D eigenvalue weighted by Gasteiger charge is 2.34. The van der Waals surface area contributed by atoms with E-state index in [-0.39, 0.29) is 18.4 Å². The summed E-state index contributed by atoms with van der Waals surface area (Å²) in [7, 11) is 0. The van der Waals surface area contributed by atoms with E-state index >= 15 is 0 Å². The summed E-state index contributed by atoms with van der Waals surface area (Å²) in [4.78, 5) is 14.4. The van der Waals surface area contributed by atoms with E-state index in [1.165, 1.54) is 6.42 Å². The average molecular weight is 254 g/mol. The number of aliphatic hydroxyl groups excluding tert-OH is 1. The van der Waals surface area contributed by atoms with Crippen LogP contribution in [0.4, 0.5) is 0 Å². The molecular formula is C14H26N2O2. The lowest BCUT2D eigenvalue weighted by molar-refractivity contribution is -0.141. The molecule has 0 aromatic rings. The summed E-state index contributed by atoms with van der Waals surface area (Å²) in [6.07, 6.45) is 7.59. The maximum atomic E-state index is 12.5. The van der Waals surface area contributed by atoms with Crippen LogP contribution in [0.25, 0.3) is 0 Å². The summed E-state index contributed by atoms with van der Waals surface area (Å²) in [5, 5.41) is 9.12. The van der Waals surface area contributed by atoms with Crippen LogP contribution in [0.1, 0.15) is 44.9 Å². The van der Waals surface area contributed by atoms with Gasteiger partial charge >= 0.3 is 0 Å². The minimum absolute atomic E-state index is 0.0837. The van der Waals surface area contributed by atoms with Gasteiger partial charge in [-0.05, 0) is 57.4 Å². The van der Waals surface area contributed by atoms with Crippen molar-refractivity contribution >= 4 is 5.91 Å². The van der Waals surface area contributed by atoms with Crippen molar-refractivity contribution in [1.82, 2.24) is 4.90 Å². The van der Waals surface area contributed by atoms with Crippen molar-refractivity contribution in [3.05, 3.63) is 0 Å². The van der Waals surface area contributed by atoms with Crippen molar-refractivity contribution in [3.63, 3.8) is 0 Å². The Bertz CT molecular complexity index is 271. The molecule has 18 heavy (non-hydrogen) atoms. The highest BCUT2D eigenvalue weighted by atomic mass is 16.3. The summed E-state index contributed by atoms with van der Waals surface area (Å²) in [6.45, 7) is 1.35. The third-order valence-electron chi connectivity index (χ3n) is 4.67. The van der Waals surface area contributed by atoms with Gasteiger partial charge in [0.2, 0.25) is 5.91 Å². The lowest BCUT2D eigenvalue weighted by Crippen LogP contribution is -2.48. The van der Waals surface area contributed by atoms with Gasteiger partial charge in [0.15, 0.2) is 0 Å². The molecule has 0 saturated heterocycles. The van der Waals surface area contributed by atoms with Gasteiger partial charge in [-0.3, -0.25) is 4.79 Å². The van der Waals surface area contributed by atoms with E-state index in [9.17, 15) is 4.79 Å². The summed E-state index contributed by atoms with van der Waals surface area (Å²) in [5.74, 6) is 1.08. The number of nitrogens with zero attached hydrogens (tertiary/aromatic N) is 1. The van der Waals surface area contributed by atoms with Crippen LogP contribution in [-0.4, -0.2) is 41.7 Å². The van der Waals surface area contributed by atoms with Crippen molar-refractivity contribution in [2.45, 2.75) is 51.0 Å². The SMILES string of the molecule is NCC1CCC(C(=O)N(CCO)C2CCC2)CC1. The van der Waals surface area contributed by atoms with Crippen molar-refractivity contribution in [3.8, 4) is 0 Å². The first-order valence-corrected chi connectivity index (χ1v) is 7.37. The van der Waals surface area contributed by atoms with Gasteiger partial charge in [0.1, 0.15) is 0 Å². The van der Waals surface area contributed by atoms with E-state index < -0.39 is 0 Å². The highest BCUT2D eigenvalue weighted by molar-refractivity contribution is 5.79. The van der Waals surface area contributed by atoms with Crippen LogP contribution < -0.4 is 5.73 Å². The Labute approximate surface area is 110 Å². The number of carbonyl (C=O) groups is 1. The van der Waals surface area contributed by atoms with Crippen molar-refractivity contribution < 1.29 is 9.90 Å². The summed E-state index contributed by atoms with van der Waals surface area (Å²) >= 11 is 0. The number of amides is 1. The molecule has 0 atom stereocenters. The molecule has 4 heteroatoms. The van der Waals surface area contributed by atoms with E-state index in [0.717, 1.165) is 45.1 Å². The molecule has 0 aromatic heterocycles. The monoisotopic (exact) mass is 254 g/mol. The Morgan fingerprint density at radius 2 is 1.83 bits per heavy atom. The van der Waals surface area contributed by atoms with Crippen LogP contribution in [0.5, 0.6) is 0 Å². The van der Waals surface area contributed by atoms with Gasteiger partial charge in [0, 0.05) is 18.5 Å². The second kappa shape index (κ2) is 6.53. The molecule has 0 heterocycles. The van der Waals surface area contributed by atoms with Crippen LogP contribution in [0.15, 0.2) is 0 Å². The maximum Gasteiger partial charge on any atom is 0.226 e. The fraction of sp³-hybridized carbons (Fsp3) is 0.929. The molecule has 0 radical (unpaired) electrons. The number of nitrogens with two attached hydrogens (primary N) is 1. The number of rotatable bonds is 5. The smallest absolute Gasteiger partial charge is 0.226 e.